The summed E-state index contributed by atoms with van der Waals surface area (Å²) in [5.41, 5.74) is 3.99. The minimum atomic E-state index is -0.274. The average Bonchev–Trinajstić information content (AvgIpc) is 3.18. The minimum Gasteiger partial charge on any atom is -0.321 e. The predicted molar refractivity (Wildman–Crippen MR) is 94.0 cm³/mol. The minimum absolute atomic E-state index is 0.274. The summed E-state index contributed by atoms with van der Waals surface area (Å²) >= 11 is 0. The number of hydrogen-bond donors (Lipinski definition) is 1. The van der Waals surface area contributed by atoms with Crippen LogP contribution in [-0.2, 0) is 0 Å². The molecule has 0 bridgehead atoms. The van der Waals surface area contributed by atoms with Crippen molar-refractivity contribution >= 4 is 17.4 Å². The molecule has 1 N–H and O–H groups in total. The van der Waals surface area contributed by atoms with E-state index in [0.29, 0.717) is 17.2 Å². The van der Waals surface area contributed by atoms with E-state index in [4.69, 9.17) is 0 Å². The van der Waals surface area contributed by atoms with Gasteiger partial charge in [-0.2, -0.15) is 5.10 Å². The molecule has 0 saturated heterocycles. The van der Waals surface area contributed by atoms with Crippen molar-refractivity contribution < 1.29 is 4.79 Å². The van der Waals surface area contributed by atoms with E-state index in [1.807, 2.05) is 48.9 Å². The number of benzene rings is 1. The highest BCUT2D eigenvalue weighted by molar-refractivity contribution is 6.03. The van der Waals surface area contributed by atoms with Gasteiger partial charge in [0.2, 0.25) is 5.78 Å². The molecular weight excluding hydrogens is 316 g/mol. The van der Waals surface area contributed by atoms with Gasteiger partial charge in [0.1, 0.15) is 5.69 Å². The summed E-state index contributed by atoms with van der Waals surface area (Å²) in [6.45, 7) is 3.97. The van der Waals surface area contributed by atoms with Crippen LogP contribution in [0.3, 0.4) is 0 Å². The van der Waals surface area contributed by atoms with Gasteiger partial charge in [0.15, 0.2) is 0 Å². The van der Waals surface area contributed by atoms with E-state index in [1.165, 1.54) is 0 Å². The molecule has 7 nitrogen and oxygen atoms in total. The monoisotopic (exact) mass is 332 g/mol. The van der Waals surface area contributed by atoms with Gasteiger partial charge in [-0.05, 0) is 50.2 Å². The fourth-order valence-electron chi connectivity index (χ4n) is 2.71. The average molecular weight is 332 g/mol. The first-order chi connectivity index (χ1) is 12.1. The third-order valence-electron chi connectivity index (χ3n) is 3.85. The van der Waals surface area contributed by atoms with E-state index in [0.717, 1.165) is 17.1 Å². The van der Waals surface area contributed by atoms with Crippen molar-refractivity contribution in [2.45, 2.75) is 13.8 Å². The van der Waals surface area contributed by atoms with Crippen LogP contribution in [0, 0.1) is 13.8 Å². The van der Waals surface area contributed by atoms with Crippen LogP contribution < -0.4 is 5.32 Å². The Morgan fingerprint density at radius 1 is 1.16 bits per heavy atom. The molecule has 0 aliphatic heterocycles. The largest absolute Gasteiger partial charge is 0.321 e. The fraction of sp³-hybridized carbons (Fsp3) is 0.111. The van der Waals surface area contributed by atoms with Gasteiger partial charge in [0, 0.05) is 30.0 Å². The molecule has 25 heavy (non-hydrogen) atoms. The van der Waals surface area contributed by atoms with Crippen molar-refractivity contribution in [3.8, 4) is 5.69 Å². The fourth-order valence-corrected chi connectivity index (χ4v) is 2.71. The summed E-state index contributed by atoms with van der Waals surface area (Å²) in [5, 5.41) is 7.30. The third kappa shape index (κ3) is 2.87. The normalized spacial score (nSPS) is 11.0. The van der Waals surface area contributed by atoms with Crippen LogP contribution in [0.15, 0.2) is 55.0 Å². The number of aryl methyl sites for hydroxylation is 2. The molecule has 0 spiro atoms. The van der Waals surface area contributed by atoms with Crippen LogP contribution in [0.4, 0.5) is 5.69 Å². The molecule has 3 heterocycles. The van der Waals surface area contributed by atoms with Crippen LogP contribution in [0.5, 0.6) is 0 Å². The highest BCUT2D eigenvalue weighted by Crippen LogP contribution is 2.16. The molecular formula is C18H16N6O. The summed E-state index contributed by atoms with van der Waals surface area (Å²) in [6, 6.07) is 11.3. The molecule has 0 unspecified atom stereocenters. The molecule has 1 amide bonds. The van der Waals surface area contributed by atoms with E-state index in [2.05, 4.69) is 20.4 Å². The van der Waals surface area contributed by atoms with Gasteiger partial charge in [0.05, 0.1) is 11.4 Å². The second-order valence-electron chi connectivity index (χ2n) is 5.79. The number of nitrogens with zero attached hydrogens (tertiary/aromatic N) is 5. The number of imidazole rings is 1. The van der Waals surface area contributed by atoms with E-state index < -0.39 is 0 Å². The number of aromatic nitrogens is 5. The predicted octanol–water partition coefficient (Wildman–Crippen LogP) is 2.78. The molecule has 0 fully saturated rings. The molecule has 124 valence electrons. The van der Waals surface area contributed by atoms with Crippen molar-refractivity contribution in [3.05, 3.63) is 72.1 Å². The third-order valence-corrected chi connectivity index (χ3v) is 3.85. The lowest BCUT2D eigenvalue weighted by molar-refractivity contribution is 0.102. The zero-order valence-electron chi connectivity index (χ0n) is 13.8. The van der Waals surface area contributed by atoms with Crippen molar-refractivity contribution in [2.75, 3.05) is 5.32 Å². The van der Waals surface area contributed by atoms with Crippen LogP contribution in [0.2, 0.25) is 0 Å². The number of fused-ring (bicyclic) bond motifs is 1. The number of hydrogen-bond acceptors (Lipinski definition) is 4. The number of carbonyl (C=O) groups excluding carboxylic acids is 1. The van der Waals surface area contributed by atoms with Gasteiger partial charge in [-0.1, -0.05) is 0 Å². The summed E-state index contributed by atoms with van der Waals surface area (Å²) < 4.78 is 3.58. The number of carbonyl (C=O) groups is 1. The first-order valence-electron chi connectivity index (χ1n) is 7.85. The first-order valence-corrected chi connectivity index (χ1v) is 7.85. The molecule has 0 radical (unpaired) electrons. The molecule has 3 aromatic heterocycles. The maximum atomic E-state index is 12.4. The van der Waals surface area contributed by atoms with Gasteiger partial charge in [-0.15, -0.1) is 0 Å². The summed E-state index contributed by atoms with van der Waals surface area (Å²) in [7, 11) is 0. The van der Waals surface area contributed by atoms with Gasteiger partial charge >= 0.3 is 0 Å². The lowest BCUT2D eigenvalue weighted by Gasteiger charge is -2.07. The number of nitrogens with one attached hydrogen (secondary N) is 1. The Bertz CT molecular complexity index is 1030. The van der Waals surface area contributed by atoms with E-state index >= 15 is 0 Å². The lowest BCUT2D eigenvalue weighted by Crippen LogP contribution is -2.12. The van der Waals surface area contributed by atoms with Gasteiger partial charge in [0.25, 0.3) is 5.91 Å². The Balaban J connectivity index is 1.54. The Kier molecular flexibility index (Phi) is 3.53. The zero-order valence-corrected chi connectivity index (χ0v) is 13.8. The van der Waals surface area contributed by atoms with E-state index in [9.17, 15) is 4.79 Å². The quantitative estimate of drug-likeness (QED) is 0.626. The van der Waals surface area contributed by atoms with Crippen molar-refractivity contribution in [3.63, 3.8) is 0 Å². The Morgan fingerprint density at radius 2 is 1.96 bits per heavy atom. The van der Waals surface area contributed by atoms with Gasteiger partial charge in [-0.25, -0.2) is 14.6 Å². The van der Waals surface area contributed by atoms with E-state index in [-0.39, 0.29) is 5.91 Å². The summed E-state index contributed by atoms with van der Waals surface area (Å²) in [4.78, 5) is 20.7. The molecule has 7 heteroatoms. The first kappa shape index (κ1) is 15.1. The molecule has 0 aliphatic carbocycles. The van der Waals surface area contributed by atoms with Crippen LogP contribution in [-0.4, -0.2) is 30.1 Å². The number of rotatable bonds is 3. The molecule has 1 aromatic carbocycles. The van der Waals surface area contributed by atoms with Crippen LogP contribution >= 0.6 is 0 Å². The molecule has 4 aromatic rings. The van der Waals surface area contributed by atoms with Crippen molar-refractivity contribution in [1.82, 2.24) is 24.1 Å². The van der Waals surface area contributed by atoms with Crippen molar-refractivity contribution in [2.24, 2.45) is 0 Å². The Morgan fingerprint density at radius 3 is 2.64 bits per heavy atom. The SMILES string of the molecule is Cc1cc(C)n(-c2ccc(NC(=O)c3cn4cccnc4n3)cc2)n1. The smallest absolute Gasteiger partial charge is 0.275 e. The van der Waals surface area contributed by atoms with Gasteiger partial charge in [-0.3, -0.25) is 9.20 Å². The van der Waals surface area contributed by atoms with Crippen molar-refractivity contribution in [1.29, 1.82) is 0 Å². The standard InChI is InChI=1S/C18H16N6O/c1-12-10-13(2)24(22-12)15-6-4-14(5-7-15)20-17(25)16-11-23-9-3-8-19-18(23)21-16/h3-11H,1-2H3,(H,20,25). The van der Waals surface area contributed by atoms with Crippen LogP contribution in [0.1, 0.15) is 21.9 Å². The highest BCUT2D eigenvalue weighted by atomic mass is 16.1. The van der Waals surface area contributed by atoms with E-state index in [1.54, 1.807) is 29.1 Å². The maximum Gasteiger partial charge on any atom is 0.275 e. The van der Waals surface area contributed by atoms with Crippen LogP contribution in [0.25, 0.3) is 11.5 Å². The topological polar surface area (TPSA) is 77.1 Å². The second-order valence-corrected chi connectivity index (χ2v) is 5.79. The second kappa shape index (κ2) is 5.86. The summed E-state index contributed by atoms with van der Waals surface area (Å²) in [6.07, 6.45) is 5.10. The highest BCUT2D eigenvalue weighted by Gasteiger charge is 2.12. The lowest BCUT2D eigenvalue weighted by atomic mass is 10.2. The molecule has 4 rings (SSSR count). The molecule has 0 aliphatic rings. The Hall–Kier alpha value is -3.48. The van der Waals surface area contributed by atoms with Gasteiger partial charge < -0.3 is 5.32 Å². The number of amides is 1. The maximum absolute atomic E-state index is 12.4. The molecule has 0 atom stereocenters. The number of anilines is 1. The summed E-state index contributed by atoms with van der Waals surface area (Å²) in [5.74, 6) is 0.219. The molecule has 0 saturated carbocycles. The Labute approximate surface area is 144 Å². The zero-order chi connectivity index (χ0) is 17.4.